The minimum Gasteiger partial charge on any atom is -0.478 e. The molecule has 0 atom stereocenters. The minimum atomic E-state index is -1.26. The van der Waals surface area contributed by atoms with Crippen LogP contribution in [-0.2, 0) is 9.59 Å². The molecule has 3 aromatic rings. The summed E-state index contributed by atoms with van der Waals surface area (Å²) in [4.78, 5) is 61.1. The molecule has 0 saturated carbocycles. The van der Waals surface area contributed by atoms with Gasteiger partial charge in [0.2, 0.25) is 0 Å². The lowest BCUT2D eigenvalue weighted by Crippen LogP contribution is -2.41. The highest BCUT2D eigenvalue weighted by Crippen LogP contribution is 2.28. The monoisotopic (exact) mass is 632 g/mol. The van der Waals surface area contributed by atoms with E-state index in [0.717, 1.165) is 44.6 Å². The van der Waals surface area contributed by atoms with E-state index < -0.39 is 18.0 Å². The summed E-state index contributed by atoms with van der Waals surface area (Å²) in [5, 5.41) is 26.5. The predicted octanol–water partition coefficient (Wildman–Crippen LogP) is 4.36. The van der Waals surface area contributed by atoms with Crippen molar-refractivity contribution in [3.63, 3.8) is 0 Å². The normalized spacial score (nSPS) is 16.8. The van der Waals surface area contributed by atoms with Crippen LogP contribution in [0.2, 0.25) is 0 Å². The predicted molar refractivity (Wildman–Crippen MR) is 171 cm³/mol. The Bertz CT molecular complexity index is 1560. The van der Waals surface area contributed by atoms with Crippen molar-refractivity contribution in [1.82, 2.24) is 15.1 Å². The van der Waals surface area contributed by atoms with E-state index in [4.69, 9.17) is 14.6 Å². The number of amides is 5. The zero-order chi connectivity index (χ0) is 33.1. The highest BCUT2D eigenvalue weighted by molar-refractivity contribution is 6.03. The van der Waals surface area contributed by atoms with Crippen LogP contribution in [0.15, 0.2) is 77.2 Å². The quantitative estimate of drug-likeness (QED) is 0.196. The fraction of sp³-hybridized carbons (Fsp3) is 0.281. The summed E-state index contributed by atoms with van der Waals surface area (Å²) in [7, 11) is 0. The maximum atomic E-state index is 13.2. The number of benzene rings is 2. The van der Waals surface area contributed by atoms with Crippen molar-refractivity contribution in [2.24, 2.45) is 0 Å². The van der Waals surface area contributed by atoms with Gasteiger partial charge in [-0.2, -0.15) is 0 Å². The molecule has 46 heavy (non-hydrogen) atoms. The largest absolute Gasteiger partial charge is 0.478 e. The van der Waals surface area contributed by atoms with Crippen LogP contribution in [0, 0.1) is 0 Å². The van der Waals surface area contributed by atoms with Crippen LogP contribution in [0.3, 0.4) is 0 Å². The van der Waals surface area contributed by atoms with Crippen molar-refractivity contribution in [3.8, 4) is 11.3 Å². The van der Waals surface area contributed by atoms with E-state index in [2.05, 4.69) is 26.2 Å². The molecule has 1 aromatic heterocycles. The third-order valence-electron chi connectivity index (χ3n) is 7.29. The summed E-state index contributed by atoms with van der Waals surface area (Å²) in [6, 6.07) is 17.2. The molecule has 0 radical (unpaired) electrons. The van der Waals surface area contributed by atoms with Crippen LogP contribution in [0.5, 0.6) is 0 Å². The van der Waals surface area contributed by atoms with Gasteiger partial charge in [-0.05, 0) is 68.3 Å². The summed E-state index contributed by atoms with van der Waals surface area (Å²) in [5.74, 6) is -1.62. The first-order valence-corrected chi connectivity index (χ1v) is 14.7. The molecular formula is C32H36N6O8. The number of rotatable bonds is 8. The Morgan fingerprint density at radius 2 is 1.39 bits per heavy atom. The molecule has 2 bridgehead atoms. The van der Waals surface area contributed by atoms with Crippen molar-refractivity contribution in [2.45, 2.75) is 25.8 Å². The highest BCUT2D eigenvalue weighted by Gasteiger charge is 2.33. The van der Waals surface area contributed by atoms with Gasteiger partial charge in [0.05, 0.1) is 11.4 Å². The second-order valence-electron chi connectivity index (χ2n) is 10.4. The average Bonchev–Trinajstić information content (AvgIpc) is 3.34. The fourth-order valence-corrected chi connectivity index (χ4v) is 5.08. The molecule has 14 heteroatoms. The van der Waals surface area contributed by atoms with Gasteiger partial charge < -0.3 is 45.7 Å². The van der Waals surface area contributed by atoms with Crippen LogP contribution in [0.1, 0.15) is 30.3 Å². The van der Waals surface area contributed by atoms with Gasteiger partial charge in [-0.25, -0.2) is 19.2 Å². The number of fused-ring (bicyclic) bond motifs is 4. The Morgan fingerprint density at radius 3 is 1.98 bits per heavy atom. The number of hydrogen-bond donors (Lipinski definition) is 6. The molecule has 6 N–H and O–H groups in total. The first-order valence-electron chi connectivity index (χ1n) is 14.7. The highest BCUT2D eigenvalue weighted by atomic mass is 16.4. The van der Waals surface area contributed by atoms with Crippen LogP contribution >= 0.6 is 0 Å². The summed E-state index contributed by atoms with van der Waals surface area (Å²) >= 11 is 0. The van der Waals surface area contributed by atoms with E-state index >= 15 is 0 Å². The first kappa shape index (κ1) is 33.3. The Morgan fingerprint density at radius 1 is 0.783 bits per heavy atom. The van der Waals surface area contributed by atoms with Crippen LogP contribution in [0.25, 0.3) is 11.3 Å². The number of nitrogens with zero attached hydrogens (tertiary/aromatic N) is 2. The minimum absolute atomic E-state index is 0.0538. The van der Waals surface area contributed by atoms with Gasteiger partial charge in [0.15, 0.2) is 5.76 Å². The number of carboxylic acid groups (broad SMARTS) is 2. The number of aliphatic carboxylic acids is 2. The molecule has 14 nitrogen and oxygen atoms in total. The lowest BCUT2D eigenvalue weighted by Gasteiger charge is -2.30. The number of urea groups is 2. The van der Waals surface area contributed by atoms with E-state index in [0.29, 0.717) is 47.3 Å². The number of furan rings is 1. The van der Waals surface area contributed by atoms with Crippen molar-refractivity contribution >= 4 is 47.0 Å². The van der Waals surface area contributed by atoms with Crippen LogP contribution < -0.4 is 21.3 Å². The molecule has 3 fully saturated rings. The molecule has 0 aliphatic carbocycles. The molecule has 242 valence electrons. The van der Waals surface area contributed by atoms with E-state index in [1.54, 1.807) is 48.5 Å². The van der Waals surface area contributed by atoms with Crippen molar-refractivity contribution in [3.05, 3.63) is 78.6 Å². The number of nitrogens with one attached hydrogen (secondary N) is 4. The van der Waals surface area contributed by atoms with Crippen molar-refractivity contribution in [1.29, 1.82) is 0 Å². The van der Waals surface area contributed by atoms with E-state index in [1.807, 2.05) is 24.0 Å². The van der Waals surface area contributed by atoms with Gasteiger partial charge in [0, 0.05) is 62.2 Å². The summed E-state index contributed by atoms with van der Waals surface area (Å²) < 4.78 is 5.95. The van der Waals surface area contributed by atoms with E-state index in [-0.39, 0.29) is 18.0 Å². The fourth-order valence-electron chi connectivity index (χ4n) is 5.08. The number of carbonyl (C=O) groups excluding carboxylic acids is 3. The number of anilines is 3. The third-order valence-corrected chi connectivity index (χ3v) is 7.29. The molecule has 2 aromatic carbocycles. The molecule has 3 aliphatic heterocycles. The number of hydrogen-bond acceptors (Lipinski definition) is 7. The second-order valence-corrected chi connectivity index (χ2v) is 10.4. The summed E-state index contributed by atoms with van der Waals surface area (Å²) in [5.41, 5.74) is 2.33. The van der Waals surface area contributed by atoms with Crippen molar-refractivity contribution < 1.29 is 38.6 Å². The summed E-state index contributed by atoms with van der Waals surface area (Å²) in [6.07, 6.45) is 3.14. The van der Waals surface area contributed by atoms with E-state index in [9.17, 15) is 24.0 Å². The maximum absolute atomic E-state index is 13.2. The van der Waals surface area contributed by atoms with Crippen LogP contribution in [0.4, 0.5) is 26.7 Å². The lowest BCUT2D eigenvalue weighted by atomic mass is 10.1. The zero-order valence-electron chi connectivity index (χ0n) is 25.2. The molecule has 5 amide bonds. The number of carbonyl (C=O) groups is 5. The molecule has 4 heterocycles. The Balaban J connectivity index is 0.000000533. The van der Waals surface area contributed by atoms with Gasteiger partial charge in [0.25, 0.3) is 5.91 Å². The topological polar surface area (TPSA) is 194 Å². The Kier molecular flexibility index (Phi) is 11.5. The molecule has 6 rings (SSSR count). The molecule has 3 aliphatic rings. The van der Waals surface area contributed by atoms with Crippen molar-refractivity contribution in [2.75, 3.05) is 48.7 Å². The smallest absolute Gasteiger partial charge is 0.328 e. The van der Waals surface area contributed by atoms with Gasteiger partial charge in [0.1, 0.15) is 5.76 Å². The van der Waals surface area contributed by atoms with Gasteiger partial charge in [-0.1, -0.05) is 12.1 Å². The van der Waals surface area contributed by atoms with Gasteiger partial charge in [-0.3, -0.25) is 4.79 Å². The molecule has 0 spiro atoms. The average molecular weight is 633 g/mol. The molecule has 0 unspecified atom stereocenters. The molecular weight excluding hydrogens is 596 g/mol. The Labute approximate surface area is 265 Å². The first-order chi connectivity index (χ1) is 22.1. The number of piperidine rings is 1. The van der Waals surface area contributed by atoms with Crippen LogP contribution in [-0.4, -0.2) is 88.7 Å². The number of para-hydroxylation sites is 2. The standard InChI is InChI=1S/C28H32N6O4.C4H4O4/c1-2-29-27(36)31-22-5-3-4-6-23(22)32-28(37)30-20-9-7-19(8-10-20)24-11-12-25(38-24)26(35)34-18-17-33-15-13-21(34)14-16-33;5-3(6)1-2-4(7)8/h3-12,21H,2,13-18H2,1H3,(H2,29,31,36)(H2,30,32,37);1-2H,(H,5,6)(H,7,8)/b;2-1+. The third kappa shape index (κ3) is 9.43. The second kappa shape index (κ2) is 15.9. The SMILES string of the molecule is CCNC(=O)Nc1ccccc1NC(=O)Nc1ccc(-c2ccc(C(=O)N3CCN4CCC3CC4)o2)cc1.O=C(O)/C=C/C(=O)O. The number of carboxylic acids is 2. The zero-order valence-corrected chi connectivity index (χ0v) is 25.2. The lowest BCUT2D eigenvalue weighted by molar-refractivity contribution is -0.134. The Hall–Kier alpha value is -5.63. The maximum Gasteiger partial charge on any atom is 0.328 e. The van der Waals surface area contributed by atoms with E-state index in [1.165, 1.54) is 0 Å². The van der Waals surface area contributed by atoms with Gasteiger partial charge in [-0.15, -0.1) is 0 Å². The summed E-state index contributed by atoms with van der Waals surface area (Å²) in [6.45, 7) is 6.06. The van der Waals surface area contributed by atoms with Gasteiger partial charge >= 0.3 is 24.0 Å². The molecule has 3 saturated heterocycles.